The molecule has 112 valence electrons. The molecule has 5 heteroatoms. The van der Waals surface area contributed by atoms with Crippen LogP contribution >= 0.6 is 23.2 Å². The lowest BCUT2D eigenvalue weighted by Crippen LogP contribution is -2.41. The van der Waals surface area contributed by atoms with Gasteiger partial charge in [-0.05, 0) is 31.9 Å². The third-order valence-electron chi connectivity index (χ3n) is 3.29. The van der Waals surface area contributed by atoms with Crippen molar-refractivity contribution < 1.29 is 14.6 Å². The SMILES string of the molecule is CCOC(=O)C(C(C)C)C(C)(O)c1ccc(Cl)cc1Cl. The Morgan fingerprint density at radius 2 is 2.00 bits per heavy atom. The van der Waals surface area contributed by atoms with E-state index in [1.807, 2.05) is 13.8 Å². The highest BCUT2D eigenvalue weighted by molar-refractivity contribution is 6.35. The van der Waals surface area contributed by atoms with Crippen LogP contribution in [0.4, 0.5) is 0 Å². The molecule has 0 heterocycles. The molecule has 20 heavy (non-hydrogen) atoms. The number of esters is 1. The van der Waals surface area contributed by atoms with Crippen molar-refractivity contribution in [2.24, 2.45) is 11.8 Å². The lowest BCUT2D eigenvalue weighted by atomic mass is 9.76. The van der Waals surface area contributed by atoms with Gasteiger partial charge < -0.3 is 9.84 Å². The largest absolute Gasteiger partial charge is 0.466 e. The fourth-order valence-electron chi connectivity index (χ4n) is 2.45. The van der Waals surface area contributed by atoms with E-state index >= 15 is 0 Å². The lowest BCUT2D eigenvalue weighted by Gasteiger charge is -2.34. The number of ether oxygens (including phenoxy) is 1. The Balaban J connectivity index is 3.25. The van der Waals surface area contributed by atoms with E-state index < -0.39 is 17.5 Å². The minimum absolute atomic E-state index is 0.101. The molecule has 1 N–H and O–H groups in total. The van der Waals surface area contributed by atoms with Gasteiger partial charge in [0.1, 0.15) is 5.60 Å². The number of hydrogen-bond donors (Lipinski definition) is 1. The van der Waals surface area contributed by atoms with Gasteiger partial charge in [0.05, 0.1) is 12.5 Å². The van der Waals surface area contributed by atoms with Crippen molar-refractivity contribution >= 4 is 29.2 Å². The van der Waals surface area contributed by atoms with E-state index in [9.17, 15) is 9.90 Å². The van der Waals surface area contributed by atoms with Crippen LogP contribution in [0.25, 0.3) is 0 Å². The van der Waals surface area contributed by atoms with Crippen LogP contribution in [0.15, 0.2) is 18.2 Å². The van der Waals surface area contributed by atoms with Crippen LogP contribution in [0.2, 0.25) is 10.0 Å². The molecule has 0 aromatic heterocycles. The number of carbonyl (C=O) groups excluding carboxylic acids is 1. The molecule has 0 aliphatic carbocycles. The number of halogens is 2. The Kier molecular flexibility index (Phi) is 5.87. The van der Waals surface area contributed by atoms with Crippen molar-refractivity contribution in [1.29, 1.82) is 0 Å². The normalized spacial score (nSPS) is 15.8. The summed E-state index contributed by atoms with van der Waals surface area (Å²) >= 11 is 12.0. The molecule has 0 bridgehead atoms. The second-order valence-electron chi connectivity index (χ2n) is 5.25. The van der Waals surface area contributed by atoms with Crippen molar-refractivity contribution in [2.45, 2.75) is 33.3 Å². The molecule has 0 aliphatic heterocycles. The Morgan fingerprint density at radius 3 is 2.45 bits per heavy atom. The van der Waals surface area contributed by atoms with E-state index in [-0.39, 0.29) is 12.5 Å². The third-order valence-corrected chi connectivity index (χ3v) is 3.84. The number of rotatable bonds is 5. The fraction of sp³-hybridized carbons (Fsp3) is 0.533. The first-order valence-corrected chi connectivity index (χ1v) is 7.31. The summed E-state index contributed by atoms with van der Waals surface area (Å²) in [5.41, 5.74) is -0.961. The highest BCUT2D eigenvalue weighted by Crippen LogP contribution is 2.39. The molecule has 0 saturated carbocycles. The highest BCUT2D eigenvalue weighted by Gasteiger charge is 2.43. The zero-order valence-corrected chi connectivity index (χ0v) is 13.6. The first kappa shape index (κ1) is 17.3. The van der Waals surface area contributed by atoms with Crippen LogP contribution in [-0.4, -0.2) is 17.7 Å². The van der Waals surface area contributed by atoms with E-state index in [2.05, 4.69) is 0 Å². The van der Waals surface area contributed by atoms with Gasteiger partial charge in [0.2, 0.25) is 0 Å². The van der Waals surface area contributed by atoms with E-state index in [0.29, 0.717) is 15.6 Å². The molecule has 0 radical (unpaired) electrons. The summed E-state index contributed by atoms with van der Waals surface area (Å²) in [6.45, 7) is 7.30. The molecule has 0 saturated heterocycles. The Labute approximate surface area is 129 Å². The third kappa shape index (κ3) is 3.66. The van der Waals surface area contributed by atoms with Gasteiger partial charge in [-0.3, -0.25) is 4.79 Å². The average Bonchev–Trinajstić information content (AvgIpc) is 2.27. The summed E-state index contributed by atoms with van der Waals surface area (Å²) in [6.07, 6.45) is 0. The summed E-state index contributed by atoms with van der Waals surface area (Å²) in [5.74, 6) is -1.24. The summed E-state index contributed by atoms with van der Waals surface area (Å²) in [5, 5.41) is 11.7. The van der Waals surface area contributed by atoms with Gasteiger partial charge >= 0.3 is 5.97 Å². The fourth-order valence-corrected chi connectivity index (χ4v) is 3.05. The van der Waals surface area contributed by atoms with Gasteiger partial charge in [-0.15, -0.1) is 0 Å². The van der Waals surface area contributed by atoms with Crippen molar-refractivity contribution in [1.82, 2.24) is 0 Å². The predicted molar refractivity (Wildman–Crippen MR) is 81.0 cm³/mol. The number of aliphatic hydroxyl groups is 1. The smallest absolute Gasteiger partial charge is 0.312 e. The second kappa shape index (κ2) is 6.79. The minimum atomic E-state index is -1.43. The van der Waals surface area contributed by atoms with Crippen LogP contribution in [0.3, 0.4) is 0 Å². The molecular weight excluding hydrogens is 299 g/mol. The Bertz CT molecular complexity index is 484. The van der Waals surface area contributed by atoms with E-state index in [1.54, 1.807) is 32.0 Å². The molecule has 1 aromatic rings. The maximum atomic E-state index is 12.1. The highest BCUT2D eigenvalue weighted by atomic mass is 35.5. The van der Waals surface area contributed by atoms with Crippen molar-refractivity contribution in [3.8, 4) is 0 Å². The first-order chi connectivity index (χ1) is 9.21. The average molecular weight is 319 g/mol. The molecule has 2 atom stereocenters. The van der Waals surface area contributed by atoms with Crippen molar-refractivity contribution in [3.63, 3.8) is 0 Å². The van der Waals surface area contributed by atoms with Crippen LogP contribution < -0.4 is 0 Å². The number of carbonyl (C=O) groups is 1. The molecule has 3 nitrogen and oxygen atoms in total. The molecule has 2 unspecified atom stereocenters. The van der Waals surface area contributed by atoms with E-state index in [0.717, 1.165) is 0 Å². The molecular formula is C15H20Cl2O3. The lowest BCUT2D eigenvalue weighted by molar-refractivity contribution is -0.161. The zero-order chi connectivity index (χ0) is 15.5. The van der Waals surface area contributed by atoms with Gasteiger partial charge in [-0.2, -0.15) is 0 Å². The molecule has 1 aromatic carbocycles. The Morgan fingerprint density at radius 1 is 1.40 bits per heavy atom. The molecule has 0 fully saturated rings. The monoisotopic (exact) mass is 318 g/mol. The molecule has 1 rings (SSSR count). The van der Waals surface area contributed by atoms with Crippen LogP contribution in [0, 0.1) is 11.8 Å². The van der Waals surface area contributed by atoms with Gasteiger partial charge in [0, 0.05) is 15.6 Å². The summed E-state index contributed by atoms with van der Waals surface area (Å²) in [7, 11) is 0. The summed E-state index contributed by atoms with van der Waals surface area (Å²) in [4.78, 5) is 12.1. The van der Waals surface area contributed by atoms with Gasteiger partial charge in [-0.25, -0.2) is 0 Å². The van der Waals surface area contributed by atoms with Crippen LogP contribution in [0.1, 0.15) is 33.3 Å². The first-order valence-electron chi connectivity index (χ1n) is 6.56. The van der Waals surface area contributed by atoms with Crippen LogP contribution in [0.5, 0.6) is 0 Å². The van der Waals surface area contributed by atoms with E-state index in [1.165, 1.54) is 0 Å². The summed E-state index contributed by atoms with van der Waals surface area (Å²) in [6, 6.07) is 4.83. The maximum Gasteiger partial charge on any atom is 0.312 e. The van der Waals surface area contributed by atoms with Gasteiger partial charge in [0.15, 0.2) is 0 Å². The van der Waals surface area contributed by atoms with E-state index in [4.69, 9.17) is 27.9 Å². The summed E-state index contributed by atoms with van der Waals surface area (Å²) < 4.78 is 5.07. The Hall–Kier alpha value is -0.770. The number of benzene rings is 1. The predicted octanol–water partition coefficient (Wildman–Crippen LogP) is 4.04. The second-order valence-corrected chi connectivity index (χ2v) is 6.09. The van der Waals surface area contributed by atoms with Crippen molar-refractivity contribution in [3.05, 3.63) is 33.8 Å². The number of hydrogen-bond acceptors (Lipinski definition) is 3. The van der Waals surface area contributed by atoms with Crippen LogP contribution in [-0.2, 0) is 15.1 Å². The minimum Gasteiger partial charge on any atom is -0.466 e. The topological polar surface area (TPSA) is 46.5 Å². The molecule has 0 amide bonds. The van der Waals surface area contributed by atoms with Gasteiger partial charge in [-0.1, -0.05) is 43.1 Å². The quantitative estimate of drug-likeness (QED) is 0.833. The molecule has 0 aliphatic rings. The van der Waals surface area contributed by atoms with Gasteiger partial charge in [0.25, 0.3) is 0 Å². The molecule has 0 spiro atoms. The van der Waals surface area contributed by atoms with Crippen molar-refractivity contribution in [2.75, 3.05) is 6.61 Å². The zero-order valence-electron chi connectivity index (χ0n) is 12.1. The maximum absolute atomic E-state index is 12.1. The standard InChI is InChI=1S/C15H20Cl2O3/c1-5-20-14(18)13(9(2)3)15(4,19)11-7-6-10(16)8-12(11)17/h6-9,13,19H,5H2,1-4H3.